The summed E-state index contributed by atoms with van der Waals surface area (Å²) in [6.07, 6.45) is -0.0573. The van der Waals surface area contributed by atoms with Crippen molar-refractivity contribution in [3.8, 4) is 0 Å². The van der Waals surface area contributed by atoms with Crippen LogP contribution in [-0.4, -0.2) is 60.3 Å². The first-order chi connectivity index (χ1) is 6.17. The van der Waals surface area contributed by atoms with Crippen molar-refractivity contribution in [2.24, 2.45) is 11.3 Å². The number of aliphatic hydroxyl groups is 1. The molecule has 0 aromatic heterocycles. The van der Waals surface area contributed by atoms with Crippen molar-refractivity contribution in [3.05, 3.63) is 0 Å². The Hall–Kier alpha value is -0.120. The van der Waals surface area contributed by atoms with Gasteiger partial charge in [0.05, 0.1) is 6.10 Å². The Balaban J connectivity index is 1.98. The van der Waals surface area contributed by atoms with Gasteiger partial charge in [-0.25, -0.2) is 0 Å². The zero-order valence-corrected chi connectivity index (χ0v) is 8.24. The molecule has 0 amide bonds. The van der Waals surface area contributed by atoms with E-state index in [0.29, 0.717) is 5.92 Å². The summed E-state index contributed by atoms with van der Waals surface area (Å²) in [6.45, 7) is 9.09. The van der Waals surface area contributed by atoms with Crippen LogP contribution in [0.4, 0.5) is 0 Å². The van der Waals surface area contributed by atoms with E-state index in [1.165, 1.54) is 13.1 Å². The van der Waals surface area contributed by atoms with Crippen LogP contribution in [0.15, 0.2) is 0 Å². The van der Waals surface area contributed by atoms with Gasteiger partial charge in [0.2, 0.25) is 0 Å². The van der Waals surface area contributed by atoms with Crippen LogP contribution in [0.25, 0.3) is 0 Å². The highest BCUT2D eigenvalue weighted by atomic mass is 16.3. The third-order valence-corrected chi connectivity index (χ3v) is 4.05. The molecule has 0 radical (unpaired) electrons. The Kier molecular flexibility index (Phi) is 1.56. The molecule has 3 heteroatoms. The maximum atomic E-state index is 10.2. The molecule has 4 saturated heterocycles. The lowest BCUT2D eigenvalue weighted by Gasteiger charge is -2.51. The number of fused-ring (bicyclic) bond motifs is 1. The quantitative estimate of drug-likeness (QED) is 0.553. The van der Waals surface area contributed by atoms with Gasteiger partial charge in [-0.1, -0.05) is 6.92 Å². The third-order valence-electron chi connectivity index (χ3n) is 4.05. The minimum Gasteiger partial charge on any atom is -0.392 e. The van der Waals surface area contributed by atoms with Crippen molar-refractivity contribution < 1.29 is 5.11 Å². The van der Waals surface area contributed by atoms with E-state index in [9.17, 15) is 5.11 Å². The van der Waals surface area contributed by atoms with Gasteiger partial charge >= 0.3 is 0 Å². The molecule has 4 heterocycles. The van der Waals surface area contributed by atoms with Crippen molar-refractivity contribution in [3.63, 3.8) is 0 Å². The second-order valence-corrected chi connectivity index (χ2v) is 5.33. The summed E-state index contributed by atoms with van der Waals surface area (Å²) in [4.78, 5) is 5.06. The normalized spacial score (nSPS) is 59.5. The molecule has 74 valence electrons. The van der Waals surface area contributed by atoms with Gasteiger partial charge in [0, 0.05) is 50.6 Å². The molecule has 13 heavy (non-hydrogen) atoms. The summed E-state index contributed by atoms with van der Waals surface area (Å²) >= 11 is 0. The van der Waals surface area contributed by atoms with Gasteiger partial charge in [0.25, 0.3) is 0 Å². The fourth-order valence-electron chi connectivity index (χ4n) is 3.50. The number of nitrogens with zero attached hydrogens (tertiary/aromatic N) is 2. The zero-order chi connectivity index (χ0) is 9.05. The van der Waals surface area contributed by atoms with Crippen LogP contribution in [0.5, 0.6) is 0 Å². The van der Waals surface area contributed by atoms with Gasteiger partial charge in [-0.15, -0.1) is 0 Å². The van der Waals surface area contributed by atoms with Crippen LogP contribution in [0.1, 0.15) is 6.92 Å². The van der Waals surface area contributed by atoms with E-state index >= 15 is 0 Å². The average molecular weight is 182 g/mol. The van der Waals surface area contributed by atoms with E-state index in [1.54, 1.807) is 0 Å². The number of aliphatic hydroxyl groups excluding tert-OH is 1. The number of hydrogen-bond acceptors (Lipinski definition) is 3. The Morgan fingerprint density at radius 3 is 2.15 bits per heavy atom. The zero-order valence-electron chi connectivity index (χ0n) is 8.24. The van der Waals surface area contributed by atoms with Crippen molar-refractivity contribution in [2.75, 3.05) is 39.3 Å². The van der Waals surface area contributed by atoms with Gasteiger partial charge < -0.3 is 14.9 Å². The molecule has 4 rings (SSSR count). The Morgan fingerprint density at radius 2 is 1.69 bits per heavy atom. The summed E-state index contributed by atoms with van der Waals surface area (Å²) in [5.41, 5.74) is 0.150. The standard InChI is InChI=1S/C10H18N2O/c1-10-6-11-2-3-12(7-10)5-8(4-11)9(10)13/h8-9,13H,2-7H2,1H3/t8?,9-,10?/m1/s1. The molecule has 1 N–H and O–H groups in total. The van der Waals surface area contributed by atoms with E-state index in [1.807, 2.05) is 0 Å². The van der Waals surface area contributed by atoms with E-state index < -0.39 is 0 Å². The first-order valence-electron chi connectivity index (χ1n) is 5.30. The van der Waals surface area contributed by atoms with Gasteiger partial charge in [0.1, 0.15) is 0 Å². The van der Waals surface area contributed by atoms with Crippen LogP contribution in [0, 0.1) is 11.3 Å². The molecule has 4 bridgehead atoms. The lowest BCUT2D eigenvalue weighted by Crippen LogP contribution is -2.62. The fourth-order valence-corrected chi connectivity index (χ4v) is 3.50. The monoisotopic (exact) mass is 182 g/mol. The van der Waals surface area contributed by atoms with Crippen molar-refractivity contribution in [1.82, 2.24) is 9.80 Å². The van der Waals surface area contributed by atoms with Gasteiger partial charge in [0.15, 0.2) is 0 Å². The summed E-state index contributed by atoms with van der Waals surface area (Å²) in [6, 6.07) is 0. The van der Waals surface area contributed by atoms with Gasteiger partial charge in [-0.3, -0.25) is 0 Å². The molecule has 0 aromatic carbocycles. The predicted molar refractivity (Wildman–Crippen MR) is 50.5 cm³/mol. The molecule has 0 aromatic rings. The summed E-state index contributed by atoms with van der Waals surface area (Å²) in [5.74, 6) is 0.509. The number of hydrogen-bond donors (Lipinski definition) is 1. The number of piperidine rings is 2. The molecule has 3 nitrogen and oxygen atoms in total. The van der Waals surface area contributed by atoms with Crippen molar-refractivity contribution in [1.29, 1.82) is 0 Å². The molecule has 0 aliphatic carbocycles. The topological polar surface area (TPSA) is 26.7 Å². The van der Waals surface area contributed by atoms with E-state index in [4.69, 9.17) is 0 Å². The van der Waals surface area contributed by atoms with Crippen LogP contribution < -0.4 is 0 Å². The Labute approximate surface area is 79.3 Å². The highest BCUT2D eigenvalue weighted by Gasteiger charge is 2.50. The maximum Gasteiger partial charge on any atom is 0.0670 e. The van der Waals surface area contributed by atoms with Gasteiger partial charge in [-0.05, 0) is 0 Å². The predicted octanol–water partition coefficient (Wildman–Crippen LogP) is -0.385. The molecular weight excluding hydrogens is 164 g/mol. The lowest BCUT2D eigenvalue weighted by atomic mass is 9.71. The number of rotatable bonds is 0. The van der Waals surface area contributed by atoms with Crippen molar-refractivity contribution in [2.45, 2.75) is 13.0 Å². The summed E-state index contributed by atoms with van der Waals surface area (Å²) in [7, 11) is 0. The molecule has 4 aliphatic heterocycles. The van der Waals surface area contributed by atoms with Crippen LogP contribution in [0.3, 0.4) is 0 Å². The highest BCUT2D eigenvalue weighted by molar-refractivity contribution is 5.03. The van der Waals surface area contributed by atoms with E-state index in [2.05, 4.69) is 16.7 Å². The third kappa shape index (κ3) is 1.07. The summed E-state index contributed by atoms with van der Waals surface area (Å²) in [5, 5.41) is 10.2. The SMILES string of the molecule is CC12CN3CCN(CC(C3)[C@H]1O)C2. The molecule has 0 spiro atoms. The maximum absolute atomic E-state index is 10.2. The molecule has 4 aliphatic rings. The Bertz CT molecular complexity index is 215. The molecular formula is C10H18N2O. The van der Waals surface area contributed by atoms with Crippen molar-refractivity contribution >= 4 is 0 Å². The second kappa shape index (κ2) is 2.47. The van der Waals surface area contributed by atoms with E-state index in [0.717, 1.165) is 26.2 Å². The average Bonchev–Trinajstić information content (AvgIpc) is 2.28. The second-order valence-electron chi connectivity index (χ2n) is 5.33. The first-order valence-corrected chi connectivity index (χ1v) is 5.30. The van der Waals surface area contributed by atoms with Crippen LogP contribution in [-0.2, 0) is 0 Å². The minimum atomic E-state index is -0.0573. The molecule has 3 atom stereocenters. The van der Waals surface area contributed by atoms with E-state index in [-0.39, 0.29) is 11.5 Å². The minimum absolute atomic E-state index is 0.0573. The first kappa shape index (κ1) is 8.21. The Morgan fingerprint density at radius 1 is 1.15 bits per heavy atom. The largest absolute Gasteiger partial charge is 0.392 e. The van der Waals surface area contributed by atoms with Gasteiger partial charge in [-0.2, -0.15) is 0 Å². The summed E-state index contributed by atoms with van der Waals surface area (Å²) < 4.78 is 0. The molecule has 4 fully saturated rings. The van der Waals surface area contributed by atoms with Crippen LogP contribution in [0.2, 0.25) is 0 Å². The lowest BCUT2D eigenvalue weighted by molar-refractivity contribution is -0.106. The fraction of sp³-hybridized carbons (Fsp3) is 1.00. The molecule has 2 unspecified atom stereocenters. The molecule has 0 saturated carbocycles. The smallest absolute Gasteiger partial charge is 0.0670 e. The highest BCUT2D eigenvalue weighted by Crippen LogP contribution is 2.40. The van der Waals surface area contributed by atoms with Crippen LogP contribution >= 0.6 is 0 Å².